The summed E-state index contributed by atoms with van der Waals surface area (Å²) in [5.74, 6) is -1.39. The molecule has 36 heavy (non-hydrogen) atoms. The number of Topliss-reactive ketones (excluding diaryl/α,β-unsaturated/α-hetero) is 1. The first-order chi connectivity index (χ1) is 16.7. The number of rotatable bonds is 13. The Bertz CT molecular complexity index is 1000. The van der Waals surface area contributed by atoms with Gasteiger partial charge in [0.25, 0.3) is 0 Å². The number of hydrogen-bond donors (Lipinski definition) is 0. The van der Waals surface area contributed by atoms with Crippen LogP contribution in [0.3, 0.4) is 0 Å². The van der Waals surface area contributed by atoms with Crippen molar-refractivity contribution in [2.45, 2.75) is 72.3 Å². The quantitative estimate of drug-likeness (QED) is 0.147. The van der Waals surface area contributed by atoms with E-state index >= 15 is 0 Å². The topological polar surface area (TPSA) is 114 Å². The molecule has 0 aliphatic heterocycles. The molecule has 9 nitrogen and oxygen atoms in total. The minimum absolute atomic E-state index is 0.0325. The maximum atomic E-state index is 14.1. The Hall–Kier alpha value is -1.05. The van der Waals surface area contributed by atoms with Crippen LogP contribution in [0.1, 0.15) is 70.8 Å². The number of benzene rings is 1. The molecule has 0 amide bonds. The molecule has 1 aliphatic rings. The van der Waals surface area contributed by atoms with Gasteiger partial charge in [-0.25, -0.2) is 0 Å². The van der Waals surface area contributed by atoms with Crippen LogP contribution in [-0.2, 0) is 43.2 Å². The number of carbonyl (C=O) groups is 2. The highest BCUT2D eigenvalue weighted by Gasteiger charge is 2.61. The highest BCUT2D eigenvalue weighted by atomic mass is 35.5. The van der Waals surface area contributed by atoms with Crippen LogP contribution >= 0.6 is 26.8 Å². The van der Waals surface area contributed by atoms with Crippen molar-refractivity contribution in [3.05, 3.63) is 34.3 Å². The van der Waals surface area contributed by atoms with Crippen LogP contribution in [0.25, 0.3) is 0 Å². The van der Waals surface area contributed by atoms with Crippen LogP contribution in [0.2, 0.25) is 5.02 Å². The van der Waals surface area contributed by atoms with E-state index in [-0.39, 0.29) is 38.4 Å². The van der Waals surface area contributed by atoms with Crippen LogP contribution in [0.15, 0.2) is 18.2 Å². The van der Waals surface area contributed by atoms with E-state index in [0.29, 0.717) is 10.6 Å². The molecule has 1 aromatic rings. The molecule has 0 N–H and O–H groups in total. The summed E-state index contributed by atoms with van der Waals surface area (Å²) in [6.07, 6.45) is -0.592. The summed E-state index contributed by atoms with van der Waals surface area (Å²) >= 11 is 6.17. The van der Waals surface area contributed by atoms with Gasteiger partial charge in [-0.3, -0.25) is 18.7 Å². The average Bonchev–Trinajstić information content (AvgIpc) is 3.03. The summed E-state index contributed by atoms with van der Waals surface area (Å²) in [7, 11) is -8.45. The molecule has 0 saturated heterocycles. The molecule has 1 aliphatic carbocycles. The molecule has 1 aromatic carbocycles. The Morgan fingerprint density at radius 2 is 1.44 bits per heavy atom. The number of ketones is 1. The van der Waals surface area contributed by atoms with Gasteiger partial charge in [0.15, 0.2) is 11.2 Å². The molecule has 0 saturated carbocycles. The summed E-state index contributed by atoms with van der Waals surface area (Å²) in [4.78, 5) is 27.6. The SMILES string of the molecule is CCOP(=O)(OCC)C(C[C@]1(C(=O)OC(C)(C)C)Cc2cc(Cl)ccc2C1=O)P(=O)(OCC)OCC. The number of fused-ring (bicyclic) bond motifs is 1. The van der Waals surface area contributed by atoms with Crippen LogP contribution in [0, 0.1) is 5.41 Å². The fourth-order valence-electron chi connectivity index (χ4n) is 4.23. The van der Waals surface area contributed by atoms with Gasteiger partial charge < -0.3 is 22.8 Å². The second-order valence-electron chi connectivity index (χ2n) is 9.33. The van der Waals surface area contributed by atoms with Crippen molar-refractivity contribution >= 4 is 38.5 Å². The molecule has 0 radical (unpaired) electrons. The average molecular weight is 567 g/mol. The van der Waals surface area contributed by atoms with Crippen LogP contribution < -0.4 is 0 Å². The van der Waals surface area contributed by atoms with Crippen molar-refractivity contribution in [3.63, 3.8) is 0 Å². The molecule has 0 fully saturated rings. The van der Waals surface area contributed by atoms with E-state index in [1.54, 1.807) is 60.6 Å². The Morgan fingerprint density at radius 3 is 1.86 bits per heavy atom. The van der Waals surface area contributed by atoms with Crippen molar-refractivity contribution in [3.8, 4) is 0 Å². The fraction of sp³-hybridized carbons (Fsp3) is 0.667. The first-order valence-corrected chi connectivity index (χ1v) is 15.7. The lowest BCUT2D eigenvalue weighted by Crippen LogP contribution is -2.44. The summed E-state index contributed by atoms with van der Waals surface area (Å²) in [6, 6.07) is 4.69. The van der Waals surface area contributed by atoms with Gasteiger partial charge in [0.2, 0.25) is 0 Å². The van der Waals surface area contributed by atoms with Crippen molar-refractivity contribution in [1.29, 1.82) is 0 Å². The molecule has 2 rings (SSSR count). The molecule has 0 bridgehead atoms. The van der Waals surface area contributed by atoms with E-state index in [0.717, 1.165) is 0 Å². The summed E-state index contributed by atoms with van der Waals surface area (Å²) in [6.45, 7) is 11.3. The van der Waals surface area contributed by atoms with E-state index in [1.807, 2.05) is 0 Å². The van der Waals surface area contributed by atoms with Crippen molar-refractivity contribution in [1.82, 2.24) is 0 Å². The predicted molar refractivity (Wildman–Crippen MR) is 138 cm³/mol. The van der Waals surface area contributed by atoms with E-state index in [4.69, 9.17) is 34.4 Å². The van der Waals surface area contributed by atoms with Crippen LogP contribution in [0.5, 0.6) is 0 Å². The molecule has 12 heteroatoms. The number of esters is 1. The Morgan fingerprint density at radius 1 is 0.972 bits per heavy atom. The number of hydrogen-bond acceptors (Lipinski definition) is 9. The van der Waals surface area contributed by atoms with Gasteiger partial charge in [-0.2, -0.15) is 0 Å². The lowest BCUT2D eigenvalue weighted by molar-refractivity contribution is -0.164. The third kappa shape index (κ3) is 6.68. The lowest BCUT2D eigenvalue weighted by Gasteiger charge is -2.37. The molecule has 0 spiro atoms. The maximum Gasteiger partial charge on any atom is 0.345 e. The molecule has 1 atom stereocenters. The van der Waals surface area contributed by atoms with E-state index in [9.17, 15) is 18.7 Å². The third-order valence-corrected chi connectivity index (χ3v) is 11.8. The minimum Gasteiger partial charge on any atom is -0.459 e. The minimum atomic E-state index is -4.23. The fourth-order valence-corrected chi connectivity index (χ4v) is 9.96. The normalized spacial score (nSPS) is 18.5. The first kappa shape index (κ1) is 31.2. The Balaban J connectivity index is 2.78. The standard InChI is InChI=1S/C24H37ClO9P2/c1-8-30-35(28,31-9-2)20(36(29,32-10-3)33-11-4)16-24(22(27)34-23(5,6)7)15-17-14-18(25)12-13-19(17)21(24)26/h12-14,20H,8-11,15-16H2,1-7H3/t24-/m1/s1. The van der Waals surface area contributed by atoms with Crippen molar-refractivity contribution in [2.75, 3.05) is 26.4 Å². The number of halogens is 1. The van der Waals surface area contributed by atoms with Gasteiger partial charge in [-0.15, -0.1) is 0 Å². The second kappa shape index (κ2) is 12.2. The van der Waals surface area contributed by atoms with Crippen molar-refractivity contribution in [2.24, 2.45) is 5.41 Å². The third-order valence-electron chi connectivity index (χ3n) is 5.53. The molecule has 204 valence electrons. The maximum absolute atomic E-state index is 14.1. The molecule has 0 unspecified atom stereocenters. The molecular formula is C24H37ClO9P2. The lowest BCUT2D eigenvalue weighted by atomic mass is 9.80. The predicted octanol–water partition coefficient (Wildman–Crippen LogP) is 6.66. The van der Waals surface area contributed by atoms with E-state index < -0.39 is 49.8 Å². The second-order valence-corrected chi connectivity index (χ2v) is 14.6. The zero-order chi connectivity index (χ0) is 27.4. The monoisotopic (exact) mass is 566 g/mol. The van der Waals surface area contributed by atoms with Gasteiger partial charge in [0.1, 0.15) is 11.0 Å². The summed E-state index contributed by atoms with van der Waals surface area (Å²) < 4.78 is 56.1. The van der Waals surface area contributed by atoms with E-state index in [1.165, 1.54) is 6.07 Å². The highest BCUT2D eigenvalue weighted by molar-refractivity contribution is 7.72. The molecule has 0 aromatic heterocycles. The van der Waals surface area contributed by atoms with Gasteiger partial charge in [0.05, 0.1) is 26.4 Å². The zero-order valence-electron chi connectivity index (χ0n) is 22.0. The summed E-state index contributed by atoms with van der Waals surface area (Å²) in [5.41, 5.74) is -1.99. The molecule has 0 heterocycles. The van der Waals surface area contributed by atoms with E-state index in [2.05, 4.69) is 0 Å². The van der Waals surface area contributed by atoms with Crippen molar-refractivity contribution < 1.29 is 41.6 Å². The largest absolute Gasteiger partial charge is 0.459 e. The van der Waals surface area contributed by atoms with Gasteiger partial charge in [0, 0.05) is 10.6 Å². The first-order valence-electron chi connectivity index (χ1n) is 12.1. The summed E-state index contributed by atoms with van der Waals surface area (Å²) in [5, 5.41) is -1.17. The zero-order valence-corrected chi connectivity index (χ0v) is 24.5. The number of carbonyl (C=O) groups excluding carboxylic acids is 2. The molecular weight excluding hydrogens is 530 g/mol. The van der Waals surface area contributed by atoms with Crippen LogP contribution in [0.4, 0.5) is 0 Å². The van der Waals surface area contributed by atoms with Crippen LogP contribution in [-0.4, -0.2) is 49.2 Å². The van der Waals surface area contributed by atoms with Gasteiger partial charge in [-0.1, -0.05) is 11.6 Å². The Kier molecular flexibility index (Phi) is 10.6. The highest BCUT2D eigenvalue weighted by Crippen LogP contribution is 2.73. The van der Waals surface area contributed by atoms with Gasteiger partial charge in [-0.05, 0) is 85.1 Å². The number of ether oxygens (including phenoxy) is 1. The van der Waals surface area contributed by atoms with Gasteiger partial charge >= 0.3 is 21.2 Å². The smallest absolute Gasteiger partial charge is 0.345 e. The Labute approximate surface area is 218 Å².